The van der Waals surface area contributed by atoms with E-state index in [-0.39, 0.29) is 73.9 Å². The number of piperidine rings is 1. The summed E-state index contributed by atoms with van der Waals surface area (Å²) >= 11 is 6.09. The Hall–Kier alpha value is -3.34. The van der Waals surface area contributed by atoms with Gasteiger partial charge in [-0.15, -0.1) is 11.6 Å². The van der Waals surface area contributed by atoms with Crippen molar-refractivity contribution >= 4 is 40.8 Å². The number of esters is 1. The van der Waals surface area contributed by atoms with Crippen LogP contribution in [0.1, 0.15) is 128 Å². The van der Waals surface area contributed by atoms with Crippen molar-refractivity contribution in [3.63, 3.8) is 0 Å². The molecule has 2 N–H and O–H groups in total. The lowest BCUT2D eigenvalue weighted by Gasteiger charge is -2.47. The minimum Gasteiger partial charge on any atom is -0.456 e. The van der Waals surface area contributed by atoms with Crippen LogP contribution in [-0.4, -0.2) is 133 Å². The Morgan fingerprint density at radius 3 is 2.28 bits per heavy atom. The molecule has 1 aromatic rings. The van der Waals surface area contributed by atoms with Crippen molar-refractivity contribution in [2.45, 2.75) is 173 Å². The highest BCUT2D eigenvalue weighted by atomic mass is 35.5. The lowest BCUT2D eigenvalue weighted by molar-refractivity contribution is -0.302. The van der Waals surface area contributed by atoms with Gasteiger partial charge in [0.2, 0.25) is 5.79 Å². The number of rotatable bonds is 11. The number of carbonyl (C=O) groups is 5. The van der Waals surface area contributed by atoms with E-state index in [1.165, 1.54) is 19.1 Å². The largest absolute Gasteiger partial charge is 0.456 e. The minimum absolute atomic E-state index is 0.0163. The molecule has 67 heavy (non-hydrogen) atoms. The molecule has 3 fully saturated rings. The third kappa shape index (κ3) is 13.3. The van der Waals surface area contributed by atoms with Crippen molar-refractivity contribution in [2.24, 2.45) is 29.6 Å². The van der Waals surface area contributed by atoms with Crippen molar-refractivity contribution in [1.82, 2.24) is 4.90 Å². The smallest absolute Gasteiger partial charge is 0.329 e. The van der Waals surface area contributed by atoms with E-state index in [2.05, 4.69) is 0 Å². The monoisotopic (exact) mass is 958 g/mol. The molecular formula is C52H76ClNO13. The number of allylic oxidation sites excluding steroid dienone is 3. The molecular weight excluding hydrogens is 882 g/mol. The van der Waals surface area contributed by atoms with Gasteiger partial charge >= 0.3 is 5.97 Å². The van der Waals surface area contributed by atoms with Crippen LogP contribution < -0.4 is 0 Å². The van der Waals surface area contributed by atoms with Gasteiger partial charge in [0.15, 0.2) is 5.78 Å². The number of fused-ring (bicyclic) bond motifs is 3. The number of cyclic esters (lactones) is 1. The molecule has 2 bridgehead atoms. The molecule has 1 saturated carbocycles. The number of halogens is 1. The number of ketones is 3. The number of Topliss-reactive ketones (excluding diaryl/α,β-unsaturated/α-hetero) is 3. The number of carbonyl (C=O) groups excluding carboxylic acids is 5. The molecule has 374 valence electrons. The van der Waals surface area contributed by atoms with Crippen molar-refractivity contribution in [3.8, 4) is 0 Å². The highest BCUT2D eigenvalue weighted by Crippen LogP contribution is 2.39. The lowest BCUT2D eigenvalue weighted by atomic mass is 9.81. The molecule has 1 aromatic carbocycles. The van der Waals surface area contributed by atoms with Gasteiger partial charge in [-0.3, -0.25) is 19.2 Å². The first-order chi connectivity index (χ1) is 31.9. The maximum atomic E-state index is 14.5. The van der Waals surface area contributed by atoms with Gasteiger partial charge < -0.3 is 43.5 Å². The van der Waals surface area contributed by atoms with Gasteiger partial charge in [-0.05, 0) is 101 Å². The number of aliphatic hydroxyl groups excluding tert-OH is 1. The molecule has 2 saturated heterocycles. The maximum absolute atomic E-state index is 14.5. The van der Waals surface area contributed by atoms with Gasteiger partial charge in [-0.25, -0.2) is 4.79 Å². The number of ether oxygens (including phenoxy) is 6. The topological polar surface area (TPSA) is 184 Å². The van der Waals surface area contributed by atoms with Crippen molar-refractivity contribution in [2.75, 3.05) is 34.5 Å². The van der Waals surface area contributed by atoms with Crippen LogP contribution in [0.2, 0.25) is 0 Å². The molecule has 14 atom stereocenters. The third-order valence-corrected chi connectivity index (χ3v) is 15.0. The molecule has 14 nitrogen and oxygen atoms in total. The standard InChI is InChI=1S/C52H76ClNO13/c1-10-36-22-30(2)21-31(3)23-45(63-8)48-46(64-9)25-33(5)52(61,67-48)49(58)50(59)54-20-14-13-17-39(54)51(60)66-47(34(6)40(55)27-41(36)56)32(4)24-35-18-19-43(44(26-35)62-7)65-29-42(57)38-16-12-11-15-37(38)28-53/h11-12,15-16,22,24,31,33-36,39-40,43-48,55,61H,10,13-14,17-21,23,25-29H2,1-9H3/b30-22+,32-24?. The Morgan fingerprint density at radius 2 is 1.61 bits per heavy atom. The number of amides is 1. The van der Waals surface area contributed by atoms with Gasteiger partial charge in [-0.2, -0.15) is 0 Å². The summed E-state index contributed by atoms with van der Waals surface area (Å²) < 4.78 is 36.5. The quantitative estimate of drug-likeness (QED) is 0.0753. The molecule has 3 aliphatic heterocycles. The Balaban J connectivity index is 1.45. The first kappa shape index (κ1) is 54.6. The highest BCUT2D eigenvalue weighted by Gasteiger charge is 2.56. The fourth-order valence-corrected chi connectivity index (χ4v) is 11.0. The lowest BCUT2D eigenvalue weighted by Crippen LogP contribution is -2.64. The van der Waals surface area contributed by atoms with Crippen LogP contribution in [0, 0.1) is 29.6 Å². The second-order valence-corrected chi connectivity index (χ2v) is 19.9. The van der Waals surface area contributed by atoms with Crippen LogP contribution in [0.15, 0.2) is 47.6 Å². The molecule has 4 aliphatic rings. The number of hydrogen-bond acceptors (Lipinski definition) is 13. The SMILES string of the molecule is CCC1/C=C(\C)CC(C)CC(OC)C2OC(O)(C(=O)C(=O)N3CCCCC3C(=O)OC(C(C)=CC3CCC(OCC(=O)c4ccccc4CCl)C(OC)C3)C(C)C(O)CC1=O)C(C)CC2OC. The van der Waals surface area contributed by atoms with Gasteiger partial charge in [0.1, 0.15) is 30.6 Å². The summed E-state index contributed by atoms with van der Waals surface area (Å²) in [7, 11) is 4.66. The van der Waals surface area contributed by atoms with Gasteiger partial charge in [0.05, 0.1) is 30.5 Å². The van der Waals surface area contributed by atoms with Crippen molar-refractivity contribution < 1.29 is 62.6 Å². The van der Waals surface area contributed by atoms with Crippen LogP contribution in [0.5, 0.6) is 0 Å². The summed E-state index contributed by atoms with van der Waals surface area (Å²) in [6.45, 7) is 11.1. The Labute approximate surface area is 402 Å². The van der Waals surface area contributed by atoms with Gasteiger partial charge in [0.25, 0.3) is 11.7 Å². The maximum Gasteiger partial charge on any atom is 0.329 e. The Kier molecular flexibility index (Phi) is 20.4. The molecule has 15 heteroatoms. The number of alkyl halides is 1. The summed E-state index contributed by atoms with van der Waals surface area (Å²) in [5.41, 5.74) is 2.89. The first-order valence-corrected chi connectivity index (χ1v) is 24.8. The molecule has 3 heterocycles. The average Bonchev–Trinajstić information content (AvgIpc) is 3.32. The van der Waals surface area contributed by atoms with E-state index in [9.17, 15) is 34.2 Å². The summed E-state index contributed by atoms with van der Waals surface area (Å²) in [4.78, 5) is 71.6. The number of benzene rings is 1. The normalized spacial score (nSPS) is 36.6. The molecule has 0 radical (unpaired) electrons. The Bertz CT molecular complexity index is 1940. The van der Waals surface area contributed by atoms with E-state index < -0.39 is 77.8 Å². The van der Waals surface area contributed by atoms with Crippen LogP contribution in [0.3, 0.4) is 0 Å². The summed E-state index contributed by atoms with van der Waals surface area (Å²) in [6, 6.07) is 6.02. The van der Waals surface area contributed by atoms with Gasteiger partial charge in [0, 0.05) is 63.5 Å². The minimum atomic E-state index is -2.53. The van der Waals surface area contributed by atoms with Crippen LogP contribution in [0.25, 0.3) is 0 Å². The number of methoxy groups -OCH3 is 3. The number of hydrogen-bond donors (Lipinski definition) is 2. The van der Waals surface area contributed by atoms with E-state index in [1.807, 2.05) is 52.0 Å². The first-order valence-electron chi connectivity index (χ1n) is 24.3. The van der Waals surface area contributed by atoms with Crippen molar-refractivity contribution in [1.29, 1.82) is 0 Å². The van der Waals surface area contributed by atoms with E-state index in [4.69, 9.17) is 40.0 Å². The second-order valence-electron chi connectivity index (χ2n) is 19.7. The molecule has 5 rings (SSSR count). The van der Waals surface area contributed by atoms with Crippen LogP contribution in [-0.2, 0) is 53.5 Å². The number of aliphatic hydroxyl groups is 2. The van der Waals surface area contributed by atoms with Crippen LogP contribution in [0.4, 0.5) is 0 Å². The number of nitrogens with zero attached hydrogens (tertiary/aromatic N) is 1. The molecule has 0 spiro atoms. The Morgan fingerprint density at radius 1 is 0.925 bits per heavy atom. The van der Waals surface area contributed by atoms with E-state index in [0.29, 0.717) is 62.5 Å². The zero-order valence-corrected chi connectivity index (χ0v) is 41.8. The molecule has 14 unspecified atom stereocenters. The fraction of sp³-hybridized carbons (Fsp3) is 0.712. The average molecular weight is 959 g/mol. The van der Waals surface area contributed by atoms with E-state index in [1.54, 1.807) is 33.1 Å². The second kappa shape index (κ2) is 25.0. The molecule has 0 aromatic heterocycles. The summed E-state index contributed by atoms with van der Waals surface area (Å²) in [6.07, 6.45) is 3.68. The zero-order valence-electron chi connectivity index (χ0n) is 41.1. The predicted octanol–water partition coefficient (Wildman–Crippen LogP) is 7.12. The molecule has 1 aliphatic carbocycles. The summed E-state index contributed by atoms with van der Waals surface area (Å²) in [5, 5.41) is 24.0. The highest BCUT2D eigenvalue weighted by molar-refractivity contribution is 6.39. The fourth-order valence-electron chi connectivity index (χ4n) is 10.7. The predicted molar refractivity (Wildman–Crippen MR) is 252 cm³/mol. The van der Waals surface area contributed by atoms with E-state index >= 15 is 0 Å². The van der Waals surface area contributed by atoms with E-state index in [0.717, 1.165) is 11.1 Å². The molecule has 1 amide bonds. The van der Waals surface area contributed by atoms with Crippen molar-refractivity contribution in [3.05, 3.63) is 58.7 Å². The third-order valence-electron chi connectivity index (χ3n) is 14.8. The zero-order chi connectivity index (χ0) is 49.2. The summed E-state index contributed by atoms with van der Waals surface area (Å²) in [5.74, 6) is -7.72. The van der Waals surface area contributed by atoms with Gasteiger partial charge in [-0.1, -0.05) is 69.7 Å². The van der Waals surface area contributed by atoms with Crippen LogP contribution >= 0.6 is 11.6 Å².